The van der Waals surface area contributed by atoms with Crippen molar-refractivity contribution in [3.05, 3.63) is 106 Å². The van der Waals surface area contributed by atoms with Gasteiger partial charge in [-0.3, -0.25) is 14.9 Å². The Balaban J connectivity index is 1.62. The molecule has 2 aromatic carbocycles. The molecule has 0 aliphatic rings. The molecule has 0 amide bonds. The Morgan fingerprint density at radius 2 is 1.72 bits per heavy atom. The predicted molar refractivity (Wildman–Crippen MR) is 125 cm³/mol. The van der Waals surface area contributed by atoms with Crippen molar-refractivity contribution < 1.29 is 9.72 Å². The Bertz CT molecular complexity index is 1470. The fraction of sp³-hybridized carbons (Fsp3) is 0. The number of nitro groups is 1. The largest absolute Gasteiger partial charge is 0.396 e. The summed E-state index contributed by atoms with van der Waals surface area (Å²) in [6.45, 7) is 0. The van der Waals surface area contributed by atoms with Gasteiger partial charge in [0.05, 0.1) is 27.4 Å². The number of nitrogens with two attached hydrogens (primary N) is 1. The third-order valence-electron chi connectivity index (χ3n) is 5.22. The number of nitro benzene ring substituents is 1. The molecule has 2 N–H and O–H groups in total. The summed E-state index contributed by atoms with van der Waals surface area (Å²) in [7, 11) is 0. The van der Waals surface area contributed by atoms with Crippen LogP contribution in [0.1, 0.15) is 16.1 Å². The summed E-state index contributed by atoms with van der Waals surface area (Å²) < 4.78 is 1.80. The minimum absolute atomic E-state index is 0.0240. The SMILES string of the molecule is Nc1c(-c2nc(-c3ccc([N+](=O)[O-])cc3)cs2)c2ccccn2c1C(=O)c1ccccc1. The van der Waals surface area contributed by atoms with Crippen molar-refractivity contribution in [3.8, 4) is 21.8 Å². The number of hydrogen-bond donors (Lipinski definition) is 1. The summed E-state index contributed by atoms with van der Waals surface area (Å²) in [4.78, 5) is 28.5. The van der Waals surface area contributed by atoms with Crippen LogP contribution in [0.15, 0.2) is 84.4 Å². The number of carbonyl (C=O) groups is 1. The maximum atomic E-state index is 13.3. The van der Waals surface area contributed by atoms with E-state index in [9.17, 15) is 14.9 Å². The third-order valence-corrected chi connectivity index (χ3v) is 6.08. The molecule has 32 heavy (non-hydrogen) atoms. The van der Waals surface area contributed by atoms with Gasteiger partial charge in [-0.05, 0) is 24.3 Å². The molecule has 0 saturated carbocycles. The Hall–Kier alpha value is -4.30. The van der Waals surface area contributed by atoms with Gasteiger partial charge in [0.15, 0.2) is 0 Å². The van der Waals surface area contributed by atoms with Crippen molar-refractivity contribution in [3.63, 3.8) is 0 Å². The Kier molecular flexibility index (Phi) is 4.76. The second-order valence-electron chi connectivity index (χ2n) is 7.13. The minimum atomic E-state index is -0.435. The molecule has 156 valence electrons. The first kappa shape index (κ1) is 19.7. The van der Waals surface area contributed by atoms with Crippen LogP contribution in [0, 0.1) is 10.1 Å². The number of nitrogens with zero attached hydrogens (tertiary/aromatic N) is 3. The highest BCUT2D eigenvalue weighted by Crippen LogP contribution is 2.39. The van der Waals surface area contributed by atoms with Crippen molar-refractivity contribution >= 4 is 34.0 Å². The van der Waals surface area contributed by atoms with Crippen LogP contribution in [0.4, 0.5) is 11.4 Å². The van der Waals surface area contributed by atoms with Gasteiger partial charge < -0.3 is 10.1 Å². The maximum absolute atomic E-state index is 13.3. The number of benzene rings is 2. The van der Waals surface area contributed by atoms with Crippen LogP contribution in [0.3, 0.4) is 0 Å². The molecule has 5 rings (SSSR count). The molecule has 3 aromatic heterocycles. The number of hydrogen-bond acceptors (Lipinski definition) is 6. The van der Waals surface area contributed by atoms with E-state index < -0.39 is 4.92 Å². The lowest BCUT2D eigenvalue weighted by Crippen LogP contribution is -2.07. The summed E-state index contributed by atoms with van der Waals surface area (Å²) in [6, 6.07) is 20.9. The van der Waals surface area contributed by atoms with E-state index in [0.717, 1.165) is 11.1 Å². The zero-order valence-electron chi connectivity index (χ0n) is 16.6. The lowest BCUT2D eigenvalue weighted by atomic mass is 10.1. The number of aromatic nitrogens is 2. The first-order chi connectivity index (χ1) is 15.5. The van der Waals surface area contributed by atoms with Gasteiger partial charge in [-0.1, -0.05) is 36.4 Å². The standard InChI is InChI=1S/C24H16N4O3S/c25-21-20(24-26-18(14-32-24)15-9-11-17(12-10-15)28(30)31)19-8-4-5-13-27(19)22(21)23(29)16-6-2-1-3-7-16/h1-14H,25H2. The zero-order valence-corrected chi connectivity index (χ0v) is 17.5. The van der Waals surface area contributed by atoms with Gasteiger partial charge in [0.1, 0.15) is 10.7 Å². The number of carbonyl (C=O) groups excluding carboxylic acids is 1. The second kappa shape index (κ2) is 7.75. The van der Waals surface area contributed by atoms with E-state index in [4.69, 9.17) is 10.7 Å². The number of rotatable bonds is 5. The summed E-state index contributed by atoms with van der Waals surface area (Å²) in [6.07, 6.45) is 1.82. The van der Waals surface area contributed by atoms with Gasteiger partial charge in [-0.15, -0.1) is 11.3 Å². The molecular weight excluding hydrogens is 424 g/mol. The quantitative estimate of drug-likeness (QED) is 0.222. The van der Waals surface area contributed by atoms with E-state index in [1.807, 2.05) is 48.0 Å². The minimum Gasteiger partial charge on any atom is -0.396 e. The number of non-ortho nitro benzene ring substituents is 1. The number of thiazole rings is 1. The molecule has 0 aliphatic carbocycles. The first-order valence-corrected chi connectivity index (χ1v) is 10.6. The van der Waals surface area contributed by atoms with Crippen LogP contribution in [0.25, 0.3) is 27.3 Å². The molecule has 0 aliphatic heterocycles. The normalized spacial score (nSPS) is 11.0. The Morgan fingerprint density at radius 1 is 1.00 bits per heavy atom. The Morgan fingerprint density at radius 3 is 2.44 bits per heavy atom. The number of ketones is 1. The fourth-order valence-corrected chi connectivity index (χ4v) is 4.58. The molecule has 0 saturated heterocycles. The van der Waals surface area contributed by atoms with E-state index in [-0.39, 0.29) is 11.5 Å². The van der Waals surface area contributed by atoms with Gasteiger partial charge in [-0.2, -0.15) is 0 Å². The van der Waals surface area contributed by atoms with Gasteiger partial charge >= 0.3 is 0 Å². The third kappa shape index (κ3) is 3.23. The number of pyridine rings is 1. The monoisotopic (exact) mass is 440 g/mol. The lowest BCUT2D eigenvalue weighted by molar-refractivity contribution is -0.384. The number of fused-ring (bicyclic) bond motifs is 1. The summed E-state index contributed by atoms with van der Waals surface area (Å²) in [5.74, 6) is -0.164. The fourth-order valence-electron chi connectivity index (χ4n) is 3.69. The van der Waals surface area contributed by atoms with Gasteiger partial charge in [0.2, 0.25) is 5.78 Å². The highest BCUT2D eigenvalue weighted by Gasteiger charge is 2.25. The van der Waals surface area contributed by atoms with Gasteiger partial charge in [-0.25, -0.2) is 4.98 Å². The average molecular weight is 440 g/mol. The van der Waals surface area contributed by atoms with Crippen LogP contribution < -0.4 is 5.73 Å². The predicted octanol–water partition coefficient (Wildman–Crippen LogP) is 5.45. The summed E-state index contributed by atoms with van der Waals surface area (Å²) in [5, 5.41) is 13.5. The van der Waals surface area contributed by atoms with Gasteiger partial charge in [0.25, 0.3) is 5.69 Å². The summed E-state index contributed by atoms with van der Waals surface area (Å²) >= 11 is 1.41. The van der Waals surface area contributed by atoms with Crippen molar-refractivity contribution in [2.24, 2.45) is 0 Å². The maximum Gasteiger partial charge on any atom is 0.269 e. The van der Waals surface area contributed by atoms with Crippen molar-refractivity contribution in [2.45, 2.75) is 0 Å². The molecule has 0 bridgehead atoms. The molecule has 0 fully saturated rings. The molecule has 0 atom stereocenters. The molecule has 5 aromatic rings. The molecular formula is C24H16N4O3S. The number of nitrogen functional groups attached to an aromatic ring is 1. The highest BCUT2D eigenvalue weighted by molar-refractivity contribution is 7.13. The van der Waals surface area contributed by atoms with E-state index in [0.29, 0.717) is 33.2 Å². The van der Waals surface area contributed by atoms with Crippen LogP contribution in [-0.4, -0.2) is 20.1 Å². The zero-order chi connectivity index (χ0) is 22.2. The molecule has 0 radical (unpaired) electrons. The van der Waals surface area contributed by atoms with Crippen LogP contribution in [0.2, 0.25) is 0 Å². The molecule has 0 unspecified atom stereocenters. The van der Waals surface area contributed by atoms with Crippen molar-refractivity contribution in [1.29, 1.82) is 0 Å². The molecule has 0 spiro atoms. The van der Waals surface area contributed by atoms with Crippen LogP contribution in [-0.2, 0) is 0 Å². The van der Waals surface area contributed by atoms with Crippen LogP contribution >= 0.6 is 11.3 Å². The van der Waals surface area contributed by atoms with Crippen molar-refractivity contribution in [1.82, 2.24) is 9.38 Å². The van der Waals surface area contributed by atoms with Crippen molar-refractivity contribution in [2.75, 3.05) is 5.73 Å². The first-order valence-electron chi connectivity index (χ1n) is 9.73. The van der Waals surface area contributed by atoms with Gasteiger partial charge in [0, 0.05) is 34.8 Å². The average Bonchev–Trinajstić information content (AvgIpc) is 3.41. The topological polar surface area (TPSA) is 104 Å². The molecule has 7 nitrogen and oxygen atoms in total. The smallest absolute Gasteiger partial charge is 0.269 e. The van der Waals surface area contributed by atoms with E-state index >= 15 is 0 Å². The van der Waals surface area contributed by atoms with E-state index in [2.05, 4.69) is 0 Å². The molecule has 3 heterocycles. The highest BCUT2D eigenvalue weighted by atomic mass is 32.1. The van der Waals surface area contributed by atoms with Crippen LogP contribution in [0.5, 0.6) is 0 Å². The number of anilines is 1. The second-order valence-corrected chi connectivity index (χ2v) is 7.99. The lowest BCUT2D eigenvalue weighted by Gasteiger charge is -2.03. The molecule has 8 heteroatoms. The Labute approximate surface area is 186 Å². The van der Waals surface area contributed by atoms with E-state index in [1.54, 1.807) is 28.7 Å². The van der Waals surface area contributed by atoms with E-state index in [1.165, 1.54) is 23.5 Å². The summed E-state index contributed by atoms with van der Waals surface area (Å²) in [5.41, 5.74) is 10.8.